The number of hydrogen-bond donors (Lipinski definition) is 1. The van der Waals surface area contributed by atoms with E-state index in [1.54, 1.807) is 22.7 Å². The lowest BCUT2D eigenvalue weighted by Gasteiger charge is -2.15. The molecule has 0 aliphatic rings. The molecule has 0 bridgehead atoms. The van der Waals surface area contributed by atoms with Gasteiger partial charge in [0, 0.05) is 44.3 Å². The fraction of sp³-hybridized carbons (Fsp3) is 0.250. The second-order valence-electron chi connectivity index (χ2n) is 5.11. The lowest BCUT2D eigenvalue weighted by molar-refractivity contribution is 0.680. The average molecular weight is 330 g/mol. The van der Waals surface area contributed by atoms with Gasteiger partial charge in [-0.3, -0.25) is 0 Å². The zero-order chi connectivity index (χ0) is 15.4. The Kier molecular flexibility index (Phi) is 4.82. The summed E-state index contributed by atoms with van der Waals surface area (Å²) in [6.45, 7) is 1.55. The van der Waals surface area contributed by atoms with Gasteiger partial charge in [0.1, 0.15) is 10.8 Å². The fourth-order valence-electron chi connectivity index (χ4n) is 2.20. The van der Waals surface area contributed by atoms with Crippen LogP contribution in [0.4, 0.5) is 5.82 Å². The molecule has 0 spiro atoms. The van der Waals surface area contributed by atoms with Crippen LogP contribution in [0.5, 0.6) is 0 Å². The SMILES string of the molecule is CN(C)c1ncccc1CNCc1csc(-c2cccs2)n1. The first-order chi connectivity index (χ1) is 10.7. The van der Waals surface area contributed by atoms with Gasteiger partial charge in [0.25, 0.3) is 0 Å². The number of pyridine rings is 1. The molecule has 0 saturated heterocycles. The van der Waals surface area contributed by atoms with Crippen molar-refractivity contribution in [2.45, 2.75) is 13.1 Å². The predicted molar refractivity (Wildman–Crippen MR) is 94.5 cm³/mol. The number of anilines is 1. The lowest BCUT2D eigenvalue weighted by Crippen LogP contribution is -2.18. The summed E-state index contributed by atoms with van der Waals surface area (Å²) in [5, 5.41) is 8.76. The number of rotatable bonds is 6. The van der Waals surface area contributed by atoms with Gasteiger partial charge in [-0.1, -0.05) is 12.1 Å². The molecular weight excluding hydrogens is 312 g/mol. The summed E-state index contributed by atoms with van der Waals surface area (Å²) in [6, 6.07) is 8.25. The summed E-state index contributed by atoms with van der Waals surface area (Å²) < 4.78 is 0. The maximum Gasteiger partial charge on any atom is 0.133 e. The highest BCUT2D eigenvalue weighted by molar-refractivity contribution is 7.20. The van der Waals surface area contributed by atoms with Crippen LogP contribution in [0.1, 0.15) is 11.3 Å². The quantitative estimate of drug-likeness (QED) is 0.749. The zero-order valence-corrected chi connectivity index (χ0v) is 14.2. The molecule has 0 saturated carbocycles. The van der Waals surface area contributed by atoms with Crippen LogP contribution in [0.25, 0.3) is 9.88 Å². The van der Waals surface area contributed by atoms with Gasteiger partial charge in [0.05, 0.1) is 10.6 Å². The minimum absolute atomic E-state index is 0.767. The van der Waals surface area contributed by atoms with Crippen molar-refractivity contribution in [1.29, 1.82) is 0 Å². The van der Waals surface area contributed by atoms with E-state index in [4.69, 9.17) is 0 Å². The molecule has 6 heteroatoms. The predicted octanol–water partition coefficient (Wildman–Crippen LogP) is 3.62. The molecule has 0 atom stereocenters. The molecule has 0 amide bonds. The van der Waals surface area contributed by atoms with Gasteiger partial charge in [-0.2, -0.15) is 0 Å². The van der Waals surface area contributed by atoms with E-state index < -0.39 is 0 Å². The Bertz CT molecular complexity index is 719. The topological polar surface area (TPSA) is 41.1 Å². The smallest absolute Gasteiger partial charge is 0.133 e. The van der Waals surface area contributed by atoms with Gasteiger partial charge >= 0.3 is 0 Å². The highest BCUT2D eigenvalue weighted by Crippen LogP contribution is 2.27. The minimum Gasteiger partial charge on any atom is -0.362 e. The Hall–Kier alpha value is -1.76. The van der Waals surface area contributed by atoms with Crippen molar-refractivity contribution >= 4 is 28.5 Å². The van der Waals surface area contributed by atoms with Crippen molar-refractivity contribution in [1.82, 2.24) is 15.3 Å². The Balaban J connectivity index is 1.60. The van der Waals surface area contributed by atoms with E-state index in [0.29, 0.717) is 0 Å². The molecule has 0 unspecified atom stereocenters. The van der Waals surface area contributed by atoms with Gasteiger partial charge in [0.2, 0.25) is 0 Å². The summed E-state index contributed by atoms with van der Waals surface area (Å²) in [5.41, 5.74) is 2.28. The van der Waals surface area contributed by atoms with Crippen molar-refractivity contribution in [3.05, 3.63) is 52.5 Å². The third-order valence-corrected chi connectivity index (χ3v) is 5.13. The summed E-state index contributed by atoms with van der Waals surface area (Å²) in [4.78, 5) is 12.4. The zero-order valence-electron chi connectivity index (χ0n) is 12.6. The molecular formula is C16H18N4S2. The van der Waals surface area contributed by atoms with Gasteiger partial charge < -0.3 is 10.2 Å². The van der Waals surface area contributed by atoms with Crippen LogP contribution in [0.2, 0.25) is 0 Å². The first-order valence-corrected chi connectivity index (χ1v) is 8.80. The molecule has 1 N–H and O–H groups in total. The van der Waals surface area contributed by atoms with Crippen molar-refractivity contribution in [2.24, 2.45) is 0 Å². The summed E-state index contributed by atoms with van der Waals surface area (Å²) in [7, 11) is 4.03. The van der Waals surface area contributed by atoms with Crippen molar-refractivity contribution in [3.8, 4) is 9.88 Å². The van der Waals surface area contributed by atoms with Gasteiger partial charge in [-0.25, -0.2) is 9.97 Å². The van der Waals surface area contributed by atoms with E-state index >= 15 is 0 Å². The van der Waals surface area contributed by atoms with Crippen molar-refractivity contribution < 1.29 is 0 Å². The molecule has 0 radical (unpaired) electrons. The minimum atomic E-state index is 0.767. The van der Waals surface area contributed by atoms with Crippen LogP contribution in [-0.4, -0.2) is 24.1 Å². The number of nitrogens with zero attached hydrogens (tertiary/aromatic N) is 3. The molecule has 0 aromatic carbocycles. The third kappa shape index (κ3) is 3.52. The van der Waals surface area contributed by atoms with Crippen molar-refractivity contribution in [2.75, 3.05) is 19.0 Å². The normalized spacial score (nSPS) is 10.8. The number of thiazole rings is 1. The Morgan fingerprint density at radius 3 is 2.82 bits per heavy atom. The van der Waals surface area contributed by atoms with Gasteiger partial charge in [0.15, 0.2) is 0 Å². The van der Waals surface area contributed by atoms with Crippen LogP contribution in [-0.2, 0) is 13.1 Å². The standard InChI is InChI=1S/C16H18N4S2/c1-20(2)15-12(5-3-7-18-15)9-17-10-13-11-22-16(19-13)14-6-4-8-21-14/h3-8,11,17H,9-10H2,1-2H3. The Morgan fingerprint density at radius 2 is 2.05 bits per heavy atom. The molecule has 4 nitrogen and oxygen atoms in total. The van der Waals surface area contributed by atoms with Crippen LogP contribution in [0.3, 0.4) is 0 Å². The van der Waals surface area contributed by atoms with Crippen molar-refractivity contribution in [3.63, 3.8) is 0 Å². The first kappa shape index (κ1) is 15.1. The second-order valence-corrected chi connectivity index (χ2v) is 6.91. The van der Waals surface area contributed by atoms with E-state index in [9.17, 15) is 0 Å². The number of aromatic nitrogens is 2. The molecule has 22 heavy (non-hydrogen) atoms. The Labute approximate surface area is 138 Å². The van der Waals surface area contributed by atoms with Crippen LogP contribution in [0.15, 0.2) is 41.2 Å². The highest BCUT2D eigenvalue weighted by Gasteiger charge is 2.07. The monoisotopic (exact) mass is 330 g/mol. The first-order valence-electron chi connectivity index (χ1n) is 7.04. The van der Waals surface area contributed by atoms with Crippen LogP contribution in [0, 0.1) is 0 Å². The van der Waals surface area contributed by atoms with E-state index in [1.165, 1.54) is 10.4 Å². The molecule has 0 fully saturated rings. The summed E-state index contributed by atoms with van der Waals surface area (Å²) in [6.07, 6.45) is 1.83. The number of thiophene rings is 1. The average Bonchev–Trinajstić information content (AvgIpc) is 3.18. The molecule has 3 aromatic rings. The molecule has 3 heterocycles. The molecule has 0 aliphatic heterocycles. The van der Waals surface area contributed by atoms with Crippen LogP contribution < -0.4 is 10.2 Å². The number of hydrogen-bond acceptors (Lipinski definition) is 6. The summed E-state index contributed by atoms with van der Waals surface area (Å²) >= 11 is 3.43. The van der Waals surface area contributed by atoms with Gasteiger partial charge in [-0.05, 0) is 17.5 Å². The fourth-order valence-corrected chi connectivity index (χ4v) is 3.83. The maximum atomic E-state index is 4.68. The van der Waals surface area contributed by atoms with Crippen LogP contribution >= 0.6 is 22.7 Å². The molecule has 0 aliphatic carbocycles. The van der Waals surface area contributed by atoms with Gasteiger partial charge in [-0.15, -0.1) is 22.7 Å². The second kappa shape index (κ2) is 7.00. The molecule has 3 aromatic heterocycles. The lowest BCUT2D eigenvalue weighted by atomic mass is 10.2. The summed E-state index contributed by atoms with van der Waals surface area (Å²) in [5.74, 6) is 1.01. The highest BCUT2D eigenvalue weighted by atomic mass is 32.1. The largest absolute Gasteiger partial charge is 0.362 e. The van der Waals surface area contributed by atoms with E-state index in [1.807, 2.05) is 31.3 Å². The van der Waals surface area contributed by atoms with E-state index in [0.717, 1.165) is 29.6 Å². The number of nitrogens with one attached hydrogen (secondary N) is 1. The molecule has 114 valence electrons. The van der Waals surface area contributed by atoms with E-state index in [-0.39, 0.29) is 0 Å². The third-order valence-electron chi connectivity index (χ3n) is 3.20. The van der Waals surface area contributed by atoms with E-state index in [2.05, 4.69) is 44.2 Å². The molecule has 3 rings (SSSR count). The maximum absolute atomic E-state index is 4.68. The Morgan fingerprint density at radius 1 is 1.14 bits per heavy atom.